The molecule has 1 aromatic carbocycles. The summed E-state index contributed by atoms with van der Waals surface area (Å²) in [5, 5.41) is 0. The molecule has 0 N–H and O–H groups in total. The summed E-state index contributed by atoms with van der Waals surface area (Å²) in [6.45, 7) is 0. The molecule has 28 heavy (non-hydrogen) atoms. The highest BCUT2D eigenvalue weighted by Gasteiger charge is 2.52. The van der Waals surface area contributed by atoms with Crippen LogP contribution in [-0.2, 0) is 19.7 Å². The second-order valence-electron chi connectivity index (χ2n) is 5.16. The standard InChI is InChI=1S/C11H5F11O4S2/c12-4-3(5(13)7(15)8(16)6(4)14)9(27(23,24)1-10(17,18)19)28(25,26)2-11(20,21)22/h9H,1-2H2. The molecule has 0 aliphatic rings. The van der Waals surface area contributed by atoms with E-state index in [0.29, 0.717) is 0 Å². The Kier molecular flexibility index (Phi) is 6.37. The summed E-state index contributed by atoms with van der Waals surface area (Å²) in [4.78, 5) is 0. The minimum Gasteiger partial charge on any atom is -0.227 e. The molecule has 0 saturated carbocycles. The second-order valence-corrected chi connectivity index (χ2v) is 9.63. The first-order valence-electron chi connectivity index (χ1n) is 6.29. The predicted octanol–water partition coefficient (Wildman–Crippen LogP) is 3.33. The van der Waals surface area contributed by atoms with Crippen molar-refractivity contribution in [3.8, 4) is 0 Å². The van der Waals surface area contributed by atoms with Gasteiger partial charge in [0.2, 0.25) is 5.82 Å². The van der Waals surface area contributed by atoms with Gasteiger partial charge in [-0.2, -0.15) is 26.3 Å². The zero-order valence-corrected chi connectivity index (χ0v) is 14.2. The minimum atomic E-state index is -6.50. The molecule has 0 aliphatic carbocycles. The number of sulfone groups is 2. The largest absolute Gasteiger partial charge is 0.402 e. The van der Waals surface area contributed by atoms with Crippen molar-refractivity contribution in [1.82, 2.24) is 0 Å². The molecule has 0 saturated heterocycles. The molecule has 0 unspecified atom stereocenters. The smallest absolute Gasteiger partial charge is 0.227 e. The molecular formula is C11H5F11O4S2. The van der Waals surface area contributed by atoms with Crippen molar-refractivity contribution in [3.05, 3.63) is 34.6 Å². The average Bonchev–Trinajstić information content (AvgIpc) is 2.41. The van der Waals surface area contributed by atoms with Gasteiger partial charge in [-0.1, -0.05) is 0 Å². The van der Waals surface area contributed by atoms with Gasteiger partial charge in [-0.05, 0) is 0 Å². The third-order valence-corrected chi connectivity index (χ3v) is 7.86. The fourth-order valence-electron chi connectivity index (χ4n) is 2.02. The Labute approximate surface area is 148 Å². The monoisotopic (exact) mass is 474 g/mol. The molecule has 0 amide bonds. The molecule has 1 rings (SSSR count). The van der Waals surface area contributed by atoms with Crippen LogP contribution in [0.2, 0.25) is 0 Å². The van der Waals surface area contributed by atoms with Gasteiger partial charge in [-0.25, -0.2) is 38.8 Å². The number of hydrogen-bond donors (Lipinski definition) is 0. The van der Waals surface area contributed by atoms with Gasteiger partial charge >= 0.3 is 12.4 Å². The molecule has 0 atom stereocenters. The highest BCUT2D eigenvalue weighted by molar-refractivity contribution is 8.08. The summed E-state index contributed by atoms with van der Waals surface area (Å²) >= 11 is 0. The molecule has 1 aromatic rings. The summed E-state index contributed by atoms with van der Waals surface area (Å²) in [7, 11) is -13.0. The van der Waals surface area contributed by atoms with Gasteiger partial charge in [0.25, 0.3) is 0 Å². The van der Waals surface area contributed by atoms with Gasteiger partial charge in [-0.15, -0.1) is 0 Å². The van der Waals surface area contributed by atoms with E-state index < -0.39 is 82.8 Å². The van der Waals surface area contributed by atoms with Gasteiger partial charge < -0.3 is 0 Å². The van der Waals surface area contributed by atoms with E-state index in [0.717, 1.165) is 0 Å². The number of rotatable bonds is 5. The van der Waals surface area contributed by atoms with Crippen molar-refractivity contribution in [1.29, 1.82) is 0 Å². The molecule has 0 heterocycles. The van der Waals surface area contributed by atoms with E-state index in [1.165, 1.54) is 0 Å². The Balaban J connectivity index is 3.97. The van der Waals surface area contributed by atoms with Crippen LogP contribution >= 0.6 is 0 Å². The third kappa shape index (κ3) is 5.24. The predicted molar refractivity (Wildman–Crippen MR) is 68.7 cm³/mol. The van der Waals surface area contributed by atoms with E-state index in [-0.39, 0.29) is 0 Å². The van der Waals surface area contributed by atoms with Crippen LogP contribution in [0.4, 0.5) is 48.3 Å². The fourth-order valence-corrected chi connectivity index (χ4v) is 6.56. The van der Waals surface area contributed by atoms with Crippen LogP contribution in [0.3, 0.4) is 0 Å². The van der Waals surface area contributed by atoms with E-state index in [9.17, 15) is 65.1 Å². The molecule has 162 valence electrons. The Morgan fingerprint density at radius 2 is 0.821 bits per heavy atom. The van der Waals surface area contributed by atoms with Crippen molar-refractivity contribution in [2.45, 2.75) is 16.9 Å². The summed E-state index contributed by atoms with van der Waals surface area (Å²) in [5.74, 6) is -21.7. The summed E-state index contributed by atoms with van der Waals surface area (Å²) in [6.07, 6.45) is -11.6. The number of hydrogen-bond acceptors (Lipinski definition) is 4. The lowest BCUT2D eigenvalue weighted by atomic mass is 10.2. The van der Waals surface area contributed by atoms with Gasteiger partial charge in [0.1, 0.15) is 11.5 Å². The van der Waals surface area contributed by atoms with E-state index in [4.69, 9.17) is 0 Å². The number of halogens is 11. The number of alkyl halides is 6. The molecule has 0 fully saturated rings. The average molecular weight is 474 g/mol. The summed E-state index contributed by atoms with van der Waals surface area (Å²) < 4.78 is 184. The first kappa shape index (κ1) is 24.4. The van der Waals surface area contributed by atoms with Crippen LogP contribution in [0.5, 0.6) is 0 Å². The van der Waals surface area contributed by atoms with E-state index in [1.54, 1.807) is 0 Å². The first-order chi connectivity index (χ1) is 12.2. The van der Waals surface area contributed by atoms with Crippen molar-refractivity contribution < 1.29 is 65.1 Å². The van der Waals surface area contributed by atoms with Crippen LogP contribution in [-0.4, -0.2) is 40.7 Å². The van der Waals surface area contributed by atoms with E-state index in [1.807, 2.05) is 0 Å². The van der Waals surface area contributed by atoms with Crippen LogP contribution in [0, 0.1) is 29.1 Å². The highest BCUT2D eigenvalue weighted by atomic mass is 32.3. The van der Waals surface area contributed by atoms with Crippen LogP contribution in [0.1, 0.15) is 10.1 Å². The van der Waals surface area contributed by atoms with Gasteiger partial charge in [0.05, 0.1) is 5.56 Å². The summed E-state index contributed by atoms with van der Waals surface area (Å²) in [5.41, 5.74) is -2.87. The lowest BCUT2D eigenvalue weighted by Crippen LogP contribution is -2.37. The molecule has 0 aromatic heterocycles. The zero-order valence-electron chi connectivity index (χ0n) is 12.6. The summed E-state index contributed by atoms with van der Waals surface area (Å²) in [6, 6.07) is 0. The van der Waals surface area contributed by atoms with Gasteiger partial charge in [0, 0.05) is 0 Å². The molecule has 0 spiro atoms. The molecule has 0 aliphatic heterocycles. The lowest BCUT2D eigenvalue weighted by Gasteiger charge is -2.21. The quantitative estimate of drug-likeness (QED) is 0.373. The maximum Gasteiger partial charge on any atom is 0.402 e. The topological polar surface area (TPSA) is 68.3 Å². The maximum atomic E-state index is 13.8. The molecule has 0 bridgehead atoms. The Morgan fingerprint density at radius 3 is 1.07 bits per heavy atom. The van der Waals surface area contributed by atoms with Crippen molar-refractivity contribution in [2.75, 3.05) is 11.5 Å². The van der Waals surface area contributed by atoms with Crippen molar-refractivity contribution in [3.63, 3.8) is 0 Å². The Hall–Kier alpha value is -1.65. The molecule has 4 nitrogen and oxygen atoms in total. The SMILES string of the molecule is O=S(=O)(CC(F)(F)F)C(c1c(F)c(F)c(F)c(F)c1F)S(=O)(=O)CC(F)(F)F. The first-order valence-corrected chi connectivity index (χ1v) is 9.72. The van der Waals surface area contributed by atoms with E-state index >= 15 is 0 Å². The van der Waals surface area contributed by atoms with Crippen molar-refractivity contribution >= 4 is 19.7 Å². The van der Waals surface area contributed by atoms with E-state index in [2.05, 4.69) is 0 Å². The van der Waals surface area contributed by atoms with Crippen LogP contribution in [0.15, 0.2) is 0 Å². The van der Waals surface area contributed by atoms with Crippen LogP contribution in [0.25, 0.3) is 0 Å². The third-order valence-electron chi connectivity index (χ3n) is 2.86. The number of benzene rings is 1. The normalized spacial score (nSPS) is 14.0. The zero-order chi connectivity index (χ0) is 22.5. The van der Waals surface area contributed by atoms with Gasteiger partial charge in [-0.3, -0.25) is 0 Å². The van der Waals surface area contributed by atoms with Crippen LogP contribution < -0.4 is 0 Å². The molecule has 0 radical (unpaired) electrons. The van der Waals surface area contributed by atoms with Gasteiger partial charge in [0.15, 0.2) is 47.5 Å². The maximum absolute atomic E-state index is 13.8. The molecule has 17 heteroatoms. The molecular weight excluding hydrogens is 469 g/mol. The second kappa shape index (κ2) is 7.31. The lowest BCUT2D eigenvalue weighted by molar-refractivity contribution is -0.107. The highest BCUT2D eigenvalue weighted by Crippen LogP contribution is 2.40. The fraction of sp³-hybridized carbons (Fsp3) is 0.455. The van der Waals surface area contributed by atoms with Crippen molar-refractivity contribution in [2.24, 2.45) is 0 Å². The minimum absolute atomic E-state index is 2.87. The Bertz CT molecular complexity index is 902. The Morgan fingerprint density at radius 1 is 0.571 bits per heavy atom.